The van der Waals surface area contributed by atoms with E-state index in [4.69, 9.17) is 14.2 Å². The van der Waals surface area contributed by atoms with E-state index in [2.05, 4.69) is 5.32 Å². The minimum Gasteiger partial charge on any atom is -0.497 e. The molecule has 10 heteroatoms. The predicted octanol–water partition coefficient (Wildman–Crippen LogP) is -0.103. The summed E-state index contributed by atoms with van der Waals surface area (Å²) in [7, 11) is 1.50. The minimum atomic E-state index is -1.25. The van der Waals surface area contributed by atoms with E-state index < -0.39 is 65.7 Å². The van der Waals surface area contributed by atoms with Gasteiger partial charge in [0.15, 0.2) is 0 Å². The number of nitrogens with one attached hydrogen (secondary N) is 1. The highest BCUT2D eigenvalue weighted by atomic mass is 16.6. The molecule has 166 valence electrons. The Morgan fingerprint density at radius 2 is 2.00 bits per heavy atom. The molecule has 3 N–H and O–H groups in total. The van der Waals surface area contributed by atoms with E-state index in [0.717, 1.165) is 0 Å². The van der Waals surface area contributed by atoms with E-state index in [9.17, 15) is 24.6 Å². The molecule has 0 aromatic heterocycles. The fourth-order valence-corrected chi connectivity index (χ4v) is 6.18. The Kier molecular flexibility index (Phi) is 4.18. The molecule has 10 nitrogen and oxygen atoms in total. The van der Waals surface area contributed by atoms with Gasteiger partial charge in [0.2, 0.25) is 5.91 Å². The van der Waals surface area contributed by atoms with Crippen LogP contribution < -0.4 is 14.8 Å². The number of methoxy groups -OCH3 is 1. The number of fused-ring (bicyclic) bond motifs is 6. The molecule has 7 unspecified atom stereocenters. The molecule has 7 atom stereocenters. The number of benzene rings is 1. The van der Waals surface area contributed by atoms with Gasteiger partial charge in [0, 0.05) is 23.5 Å². The average molecular weight is 432 g/mol. The smallest absolute Gasteiger partial charge is 0.326 e. The molecule has 3 fully saturated rings. The van der Waals surface area contributed by atoms with Crippen molar-refractivity contribution in [3.05, 3.63) is 23.8 Å². The van der Waals surface area contributed by atoms with Crippen LogP contribution in [-0.2, 0) is 19.7 Å². The summed E-state index contributed by atoms with van der Waals surface area (Å²) in [6.45, 7) is 3.08. The predicted molar refractivity (Wildman–Crippen MR) is 103 cm³/mol. The van der Waals surface area contributed by atoms with E-state index in [1.807, 2.05) is 6.92 Å². The Labute approximate surface area is 178 Å². The Morgan fingerprint density at radius 1 is 1.26 bits per heavy atom. The maximum Gasteiger partial charge on any atom is 0.326 e. The Morgan fingerprint density at radius 3 is 2.65 bits per heavy atom. The second-order valence-electron chi connectivity index (χ2n) is 8.97. The fraction of sp³-hybridized carbons (Fsp3) is 0.571. The van der Waals surface area contributed by atoms with Gasteiger partial charge in [0.05, 0.1) is 37.2 Å². The van der Waals surface area contributed by atoms with Crippen LogP contribution in [0.3, 0.4) is 0 Å². The third kappa shape index (κ3) is 2.35. The van der Waals surface area contributed by atoms with Crippen LogP contribution in [0.5, 0.6) is 11.5 Å². The number of aliphatic hydroxyl groups excluding tert-OH is 2. The number of carbonyl (C=O) groups is 3. The first kappa shape index (κ1) is 20.2. The number of esters is 1. The number of carbonyl (C=O) groups excluding carboxylic acids is 3. The van der Waals surface area contributed by atoms with Gasteiger partial charge in [-0.25, -0.2) is 4.79 Å². The number of hydrogen-bond acceptors (Lipinski definition) is 8. The molecule has 0 spiro atoms. The van der Waals surface area contributed by atoms with Crippen molar-refractivity contribution in [2.75, 3.05) is 13.7 Å². The summed E-state index contributed by atoms with van der Waals surface area (Å²) in [6.07, 6.45) is -2.57. The zero-order valence-corrected chi connectivity index (χ0v) is 17.3. The molecule has 3 amide bonds. The van der Waals surface area contributed by atoms with Crippen molar-refractivity contribution < 1.29 is 38.8 Å². The highest BCUT2D eigenvalue weighted by Crippen LogP contribution is 2.67. The van der Waals surface area contributed by atoms with Crippen molar-refractivity contribution in [3.8, 4) is 11.5 Å². The first-order valence-corrected chi connectivity index (χ1v) is 10.2. The highest BCUT2D eigenvalue weighted by Gasteiger charge is 2.79. The van der Waals surface area contributed by atoms with Crippen LogP contribution >= 0.6 is 0 Å². The molecule has 3 aliphatic heterocycles. The minimum absolute atomic E-state index is 0.0834. The Bertz CT molecular complexity index is 998. The second kappa shape index (κ2) is 6.41. The van der Waals surface area contributed by atoms with Crippen molar-refractivity contribution in [3.63, 3.8) is 0 Å². The molecule has 3 heterocycles. The summed E-state index contributed by atoms with van der Waals surface area (Å²) < 4.78 is 16.6. The first-order valence-electron chi connectivity index (χ1n) is 10.2. The standard InChI is InChI=1S/C21H24N2O8/c1-20-10-5-4-9(29-3)6-12(10)31-16(26)15(20)21(2)17(20)23(19(28)22-18(21)27)14-7-11(25)13(8-24)30-14/h4-6,11,13-15,17,24-25H,7-8H2,1-3H3,(H,22,27,28). The van der Waals surface area contributed by atoms with Gasteiger partial charge < -0.3 is 24.4 Å². The SMILES string of the molecule is COc1ccc2c(c1)OC(=O)C1C3(C)C(=O)NC(=O)N(C4CC(O)C(CO)O4)C3C21C. The lowest BCUT2D eigenvalue weighted by atomic mass is 9.39. The van der Waals surface area contributed by atoms with E-state index in [-0.39, 0.29) is 6.42 Å². The molecule has 31 heavy (non-hydrogen) atoms. The molecular formula is C21H24N2O8. The average Bonchev–Trinajstić information content (AvgIpc) is 3.10. The van der Waals surface area contributed by atoms with Crippen molar-refractivity contribution in [2.24, 2.45) is 11.3 Å². The lowest BCUT2D eigenvalue weighted by molar-refractivity contribution is -0.213. The van der Waals surface area contributed by atoms with Crippen LogP contribution in [0.15, 0.2) is 18.2 Å². The number of nitrogens with zero attached hydrogens (tertiary/aromatic N) is 1. The van der Waals surface area contributed by atoms with Crippen LogP contribution in [0.4, 0.5) is 4.79 Å². The molecule has 1 aromatic rings. The van der Waals surface area contributed by atoms with Gasteiger partial charge in [0.1, 0.15) is 23.8 Å². The third-order valence-electron chi connectivity index (χ3n) is 7.47. The number of hydrogen-bond donors (Lipinski definition) is 3. The molecule has 1 saturated carbocycles. The molecule has 4 aliphatic rings. The molecule has 1 aromatic carbocycles. The van der Waals surface area contributed by atoms with Crippen molar-refractivity contribution in [2.45, 2.75) is 50.2 Å². The Hall–Kier alpha value is -2.69. The van der Waals surface area contributed by atoms with E-state index in [1.165, 1.54) is 12.0 Å². The molecular weight excluding hydrogens is 408 g/mol. The van der Waals surface area contributed by atoms with Crippen LogP contribution in [0.1, 0.15) is 25.8 Å². The summed E-state index contributed by atoms with van der Waals surface area (Å²) in [5, 5.41) is 22.0. The second-order valence-corrected chi connectivity index (χ2v) is 8.97. The third-order valence-corrected chi connectivity index (χ3v) is 7.47. The lowest BCUT2D eigenvalue weighted by Gasteiger charge is -2.69. The van der Waals surface area contributed by atoms with E-state index in [1.54, 1.807) is 25.1 Å². The topological polar surface area (TPSA) is 135 Å². The molecule has 0 bridgehead atoms. The number of aliphatic hydroxyl groups is 2. The number of imide groups is 1. The zero-order valence-electron chi connectivity index (χ0n) is 17.3. The van der Waals surface area contributed by atoms with Crippen LogP contribution in [0.2, 0.25) is 0 Å². The molecule has 1 aliphatic carbocycles. The van der Waals surface area contributed by atoms with Gasteiger partial charge in [-0.1, -0.05) is 13.0 Å². The highest BCUT2D eigenvalue weighted by molar-refractivity contribution is 6.06. The summed E-state index contributed by atoms with van der Waals surface area (Å²) >= 11 is 0. The quantitative estimate of drug-likeness (QED) is 0.445. The van der Waals surface area contributed by atoms with Gasteiger partial charge in [-0.3, -0.25) is 19.8 Å². The van der Waals surface area contributed by atoms with Crippen molar-refractivity contribution in [1.29, 1.82) is 0 Å². The van der Waals surface area contributed by atoms with E-state index >= 15 is 0 Å². The Balaban J connectivity index is 1.64. The number of urea groups is 1. The van der Waals surface area contributed by atoms with E-state index in [0.29, 0.717) is 17.1 Å². The van der Waals surface area contributed by atoms with Gasteiger partial charge >= 0.3 is 12.0 Å². The summed E-state index contributed by atoms with van der Waals surface area (Å²) in [5.74, 6) is -1.08. The van der Waals surface area contributed by atoms with Crippen LogP contribution in [0.25, 0.3) is 0 Å². The number of rotatable bonds is 3. The zero-order chi connectivity index (χ0) is 22.3. The summed E-state index contributed by atoms with van der Waals surface area (Å²) in [6, 6.07) is 3.75. The van der Waals surface area contributed by atoms with Crippen molar-refractivity contribution >= 4 is 17.9 Å². The van der Waals surface area contributed by atoms with Crippen LogP contribution in [-0.4, -0.2) is 71.2 Å². The van der Waals surface area contributed by atoms with Gasteiger partial charge in [-0.2, -0.15) is 0 Å². The summed E-state index contributed by atoms with van der Waals surface area (Å²) in [4.78, 5) is 40.4. The number of amides is 3. The normalized spacial score (nSPS) is 40.9. The molecule has 2 saturated heterocycles. The first-order chi connectivity index (χ1) is 14.7. The lowest BCUT2D eigenvalue weighted by Crippen LogP contribution is -2.85. The largest absolute Gasteiger partial charge is 0.497 e. The fourth-order valence-electron chi connectivity index (χ4n) is 6.18. The van der Waals surface area contributed by atoms with Gasteiger partial charge in [-0.15, -0.1) is 0 Å². The maximum atomic E-state index is 13.0. The van der Waals surface area contributed by atoms with Crippen LogP contribution in [0, 0.1) is 11.3 Å². The monoisotopic (exact) mass is 432 g/mol. The van der Waals surface area contributed by atoms with Crippen molar-refractivity contribution in [1.82, 2.24) is 10.2 Å². The van der Waals surface area contributed by atoms with Gasteiger partial charge in [0.25, 0.3) is 0 Å². The molecule has 5 rings (SSSR count). The maximum absolute atomic E-state index is 13.0. The van der Waals surface area contributed by atoms with Gasteiger partial charge in [-0.05, 0) is 13.0 Å². The molecule has 0 radical (unpaired) electrons. The number of ether oxygens (including phenoxy) is 3. The summed E-state index contributed by atoms with van der Waals surface area (Å²) in [5.41, 5.74) is -1.49.